The highest BCUT2D eigenvalue weighted by molar-refractivity contribution is 5.76. The summed E-state index contributed by atoms with van der Waals surface area (Å²) in [5, 5.41) is 22.3. The second kappa shape index (κ2) is 22.0. The molecule has 0 radical (unpaired) electrons. The SMILES string of the molecule is CC/C=C\C/C=C\C/C=C\CCCCCC(=O)NC(CO)C(O)/C=C/CCCCC. The summed E-state index contributed by atoms with van der Waals surface area (Å²) < 4.78 is 0. The predicted molar refractivity (Wildman–Crippen MR) is 128 cm³/mol. The molecule has 0 aromatic carbocycles. The lowest BCUT2D eigenvalue weighted by Gasteiger charge is -2.19. The number of hydrogen-bond donors (Lipinski definition) is 3. The zero-order chi connectivity index (χ0) is 22.3. The monoisotopic (exact) mass is 419 g/mol. The molecule has 0 aliphatic rings. The van der Waals surface area contributed by atoms with E-state index in [1.807, 2.05) is 6.08 Å². The third-order valence-corrected chi connectivity index (χ3v) is 4.82. The van der Waals surface area contributed by atoms with Crippen LogP contribution in [0, 0.1) is 0 Å². The van der Waals surface area contributed by atoms with Crippen LogP contribution in [-0.2, 0) is 4.79 Å². The Kier molecular flexibility index (Phi) is 20.8. The number of aliphatic hydroxyl groups excluding tert-OH is 2. The quantitative estimate of drug-likeness (QED) is 0.184. The molecule has 0 aromatic rings. The van der Waals surface area contributed by atoms with Crippen molar-refractivity contribution >= 4 is 5.91 Å². The van der Waals surface area contributed by atoms with Crippen molar-refractivity contribution in [2.24, 2.45) is 0 Å². The van der Waals surface area contributed by atoms with Crippen molar-refractivity contribution in [1.82, 2.24) is 5.32 Å². The zero-order valence-electron chi connectivity index (χ0n) is 19.3. The van der Waals surface area contributed by atoms with E-state index in [1.54, 1.807) is 6.08 Å². The maximum Gasteiger partial charge on any atom is 0.220 e. The Balaban J connectivity index is 3.81. The number of hydrogen-bond acceptors (Lipinski definition) is 3. The van der Waals surface area contributed by atoms with Gasteiger partial charge in [0, 0.05) is 6.42 Å². The first-order valence-electron chi connectivity index (χ1n) is 11.9. The Labute approximate surface area is 184 Å². The molecule has 0 rings (SSSR count). The first kappa shape index (κ1) is 28.4. The van der Waals surface area contributed by atoms with Gasteiger partial charge in [0.05, 0.1) is 18.8 Å². The van der Waals surface area contributed by atoms with Gasteiger partial charge in [-0.2, -0.15) is 0 Å². The summed E-state index contributed by atoms with van der Waals surface area (Å²) in [6.45, 7) is 4.03. The van der Waals surface area contributed by atoms with Gasteiger partial charge in [0.15, 0.2) is 0 Å². The van der Waals surface area contributed by atoms with Gasteiger partial charge in [-0.1, -0.05) is 81.7 Å². The van der Waals surface area contributed by atoms with E-state index in [-0.39, 0.29) is 12.5 Å². The fourth-order valence-corrected chi connectivity index (χ4v) is 2.95. The summed E-state index contributed by atoms with van der Waals surface area (Å²) in [6.07, 6.45) is 27.7. The molecule has 0 aromatic heterocycles. The van der Waals surface area contributed by atoms with Gasteiger partial charge in [0.25, 0.3) is 0 Å². The third kappa shape index (κ3) is 18.4. The molecule has 0 spiro atoms. The molecule has 0 saturated carbocycles. The lowest BCUT2D eigenvalue weighted by atomic mass is 10.1. The highest BCUT2D eigenvalue weighted by atomic mass is 16.3. The van der Waals surface area contributed by atoms with Gasteiger partial charge >= 0.3 is 0 Å². The van der Waals surface area contributed by atoms with E-state index >= 15 is 0 Å². The molecule has 2 unspecified atom stereocenters. The number of carbonyl (C=O) groups is 1. The normalized spacial score (nSPS) is 14.4. The molecular weight excluding hydrogens is 374 g/mol. The summed E-state index contributed by atoms with van der Waals surface area (Å²) in [5.41, 5.74) is 0. The lowest BCUT2D eigenvalue weighted by Crippen LogP contribution is -2.45. The van der Waals surface area contributed by atoms with E-state index in [0.717, 1.165) is 64.2 Å². The Morgan fingerprint density at radius 3 is 2.13 bits per heavy atom. The first-order chi connectivity index (χ1) is 14.7. The molecule has 0 fully saturated rings. The molecule has 0 heterocycles. The van der Waals surface area contributed by atoms with E-state index in [0.29, 0.717) is 6.42 Å². The minimum atomic E-state index is -0.845. The van der Waals surface area contributed by atoms with Crippen molar-refractivity contribution in [2.45, 2.75) is 103 Å². The van der Waals surface area contributed by atoms with Crippen LogP contribution in [0.25, 0.3) is 0 Å². The minimum Gasteiger partial charge on any atom is -0.394 e. The van der Waals surface area contributed by atoms with Gasteiger partial charge in [-0.15, -0.1) is 0 Å². The van der Waals surface area contributed by atoms with Crippen LogP contribution in [0.2, 0.25) is 0 Å². The maximum atomic E-state index is 12.0. The lowest BCUT2D eigenvalue weighted by molar-refractivity contribution is -0.123. The van der Waals surface area contributed by atoms with E-state index in [4.69, 9.17) is 0 Å². The molecule has 0 saturated heterocycles. The van der Waals surface area contributed by atoms with Gasteiger partial charge in [0.1, 0.15) is 0 Å². The number of amides is 1. The van der Waals surface area contributed by atoms with Crippen molar-refractivity contribution in [3.8, 4) is 0 Å². The van der Waals surface area contributed by atoms with Crippen LogP contribution in [0.3, 0.4) is 0 Å². The van der Waals surface area contributed by atoms with E-state index in [2.05, 4.69) is 55.6 Å². The number of allylic oxidation sites excluding steroid dienone is 7. The van der Waals surface area contributed by atoms with Gasteiger partial charge in [-0.3, -0.25) is 4.79 Å². The molecule has 1 amide bonds. The fraction of sp³-hybridized carbons (Fsp3) is 0.654. The van der Waals surface area contributed by atoms with Crippen molar-refractivity contribution in [3.63, 3.8) is 0 Å². The van der Waals surface area contributed by atoms with Gasteiger partial charge < -0.3 is 15.5 Å². The number of carbonyl (C=O) groups excluding carboxylic acids is 1. The number of rotatable bonds is 19. The molecule has 4 nitrogen and oxygen atoms in total. The van der Waals surface area contributed by atoms with Crippen LogP contribution < -0.4 is 5.32 Å². The molecule has 172 valence electrons. The van der Waals surface area contributed by atoms with Crippen molar-refractivity contribution in [2.75, 3.05) is 6.61 Å². The van der Waals surface area contributed by atoms with Gasteiger partial charge in [-0.25, -0.2) is 0 Å². The summed E-state index contributed by atoms with van der Waals surface area (Å²) in [4.78, 5) is 12.0. The highest BCUT2D eigenvalue weighted by Crippen LogP contribution is 2.06. The average Bonchev–Trinajstić information content (AvgIpc) is 2.75. The molecule has 0 aliphatic heterocycles. The third-order valence-electron chi connectivity index (χ3n) is 4.82. The van der Waals surface area contributed by atoms with Crippen molar-refractivity contribution in [3.05, 3.63) is 48.6 Å². The Bertz CT molecular complexity index is 508. The summed E-state index contributed by atoms with van der Waals surface area (Å²) in [6, 6.07) is -0.631. The standard InChI is InChI=1S/C26H45NO3/c1-3-5-7-9-10-11-12-13-14-15-16-18-20-22-26(30)27-24(23-28)25(29)21-19-17-8-6-4-2/h5,7,10-11,13-14,19,21,24-25,28-29H,3-4,6,8-9,12,15-18,20,22-23H2,1-2H3,(H,27,30)/b7-5-,11-10-,14-13-,21-19+. The minimum absolute atomic E-state index is 0.106. The van der Waals surface area contributed by atoms with Crippen LogP contribution in [0.5, 0.6) is 0 Å². The average molecular weight is 420 g/mol. The summed E-state index contributed by atoms with van der Waals surface area (Å²) in [7, 11) is 0. The first-order valence-corrected chi connectivity index (χ1v) is 11.9. The Morgan fingerprint density at radius 1 is 0.833 bits per heavy atom. The Hall–Kier alpha value is -1.65. The van der Waals surface area contributed by atoms with E-state index in [1.165, 1.54) is 6.42 Å². The second-order valence-electron chi connectivity index (χ2n) is 7.66. The topological polar surface area (TPSA) is 69.6 Å². The van der Waals surface area contributed by atoms with Crippen LogP contribution in [0.1, 0.15) is 90.9 Å². The maximum absolute atomic E-state index is 12.0. The second-order valence-corrected chi connectivity index (χ2v) is 7.66. The van der Waals surface area contributed by atoms with Crippen molar-refractivity contribution < 1.29 is 15.0 Å². The number of unbranched alkanes of at least 4 members (excludes halogenated alkanes) is 6. The van der Waals surface area contributed by atoms with Crippen molar-refractivity contribution in [1.29, 1.82) is 0 Å². The molecular formula is C26H45NO3. The summed E-state index contributed by atoms with van der Waals surface area (Å²) >= 11 is 0. The Morgan fingerprint density at radius 2 is 1.47 bits per heavy atom. The fourth-order valence-electron chi connectivity index (χ4n) is 2.95. The van der Waals surface area contributed by atoms with E-state index < -0.39 is 12.1 Å². The van der Waals surface area contributed by atoms with Gasteiger partial charge in [-0.05, 0) is 51.4 Å². The predicted octanol–water partition coefficient (Wildman–Crippen LogP) is 5.77. The summed E-state index contributed by atoms with van der Waals surface area (Å²) in [5.74, 6) is -0.106. The molecule has 30 heavy (non-hydrogen) atoms. The van der Waals surface area contributed by atoms with Crippen LogP contribution in [0.4, 0.5) is 0 Å². The number of nitrogens with one attached hydrogen (secondary N) is 1. The van der Waals surface area contributed by atoms with Crippen LogP contribution in [-0.4, -0.2) is 34.9 Å². The largest absolute Gasteiger partial charge is 0.394 e. The van der Waals surface area contributed by atoms with E-state index in [9.17, 15) is 15.0 Å². The van der Waals surface area contributed by atoms with Crippen LogP contribution >= 0.6 is 0 Å². The zero-order valence-corrected chi connectivity index (χ0v) is 19.3. The molecule has 0 bridgehead atoms. The molecule has 2 atom stereocenters. The molecule has 3 N–H and O–H groups in total. The number of aliphatic hydroxyl groups is 2. The smallest absolute Gasteiger partial charge is 0.220 e. The highest BCUT2D eigenvalue weighted by Gasteiger charge is 2.17. The van der Waals surface area contributed by atoms with Crippen LogP contribution in [0.15, 0.2) is 48.6 Å². The molecule has 4 heteroatoms. The van der Waals surface area contributed by atoms with Gasteiger partial charge in [0.2, 0.25) is 5.91 Å². The molecule has 0 aliphatic carbocycles.